The molecule has 0 aromatic carbocycles. The lowest BCUT2D eigenvalue weighted by Crippen LogP contribution is -2.02. The molecule has 0 aliphatic rings. The van der Waals surface area contributed by atoms with Crippen LogP contribution in [0.15, 0.2) is 57.9 Å². The zero-order chi connectivity index (χ0) is 16.4. The summed E-state index contributed by atoms with van der Waals surface area (Å²) in [5.41, 5.74) is 1.30. The Hall–Kier alpha value is -3.75. The average molecular weight is 320 g/mol. The molecule has 0 aliphatic heterocycles. The summed E-state index contributed by atoms with van der Waals surface area (Å²) in [6.07, 6.45) is 6.33. The number of hydrogen-bond donors (Lipinski definition) is 0. The molecule has 9 nitrogen and oxygen atoms in total. The molecule has 4 aromatic rings. The maximum absolute atomic E-state index is 12.3. The molecular formula is C15H8N6O3. The van der Waals surface area contributed by atoms with Gasteiger partial charge in [0.05, 0.1) is 0 Å². The van der Waals surface area contributed by atoms with Crippen LogP contribution >= 0.6 is 0 Å². The van der Waals surface area contributed by atoms with Crippen molar-refractivity contribution < 1.29 is 13.6 Å². The van der Waals surface area contributed by atoms with Crippen molar-refractivity contribution in [3.63, 3.8) is 0 Å². The Morgan fingerprint density at radius 2 is 1.08 bits per heavy atom. The molecule has 0 N–H and O–H groups in total. The lowest BCUT2D eigenvalue weighted by atomic mass is 10.3. The van der Waals surface area contributed by atoms with E-state index in [2.05, 4.69) is 30.4 Å². The van der Waals surface area contributed by atoms with E-state index in [9.17, 15) is 4.79 Å². The predicted molar refractivity (Wildman–Crippen MR) is 78.5 cm³/mol. The van der Waals surface area contributed by atoms with E-state index in [1.54, 1.807) is 49.1 Å². The molecule has 0 saturated heterocycles. The molecule has 0 spiro atoms. The van der Waals surface area contributed by atoms with E-state index in [1.165, 1.54) is 0 Å². The van der Waals surface area contributed by atoms with Crippen molar-refractivity contribution in [2.45, 2.75) is 0 Å². The van der Waals surface area contributed by atoms with Crippen LogP contribution in [0.1, 0.15) is 16.6 Å². The smallest absolute Gasteiger partial charge is 0.306 e. The van der Waals surface area contributed by atoms with E-state index in [-0.39, 0.29) is 23.6 Å². The highest BCUT2D eigenvalue weighted by Crippen LogP contribution is 2.20. The van der Waals surface area contributed by atoms with Crippen LogP contribution in [0, 0.1) is 0 Å². The summed E-state index contributed by atoms with van der Waals surface area (Å²) in [4.78, 5) is 20.1. The number of ketones is 1. The monoisotopic (exact) mass is 320 g/mol. The largest absolute Gasteiger partial charge is 0.413 e. The lowest BCUT2D eigenvalue weighted by Gasteiger charge is -1.92. The number of nitrogens with zero attached hydrogens (tertiary/aromatic N) is 6. The zero-order valence-corrected chi connectivity index (χ0v) is 12.0. The molecule has 4 rings (SSSR count). The zero-order valence-electron chi connectivity index (χ0n) is 12.0. The van der Waals surface area contributed by atoms with E-state index in [0.717, 1.165) is 0 Å². The highest BCUT2D eigenvalue weighted by Gasteiger charge is 2.24. The molecule has 24 heavy (non-hydrogen) atoms. The molecule has 4 heterocycles. The minimum Gasteiger partial charge on any atom is -0.413 e. The van der Waals surface area contributed by atoms with Gasteiger partial charge in [-0.25, -0.2) is 0 Å². The number of rotatable bonds is 4. The van der Waals surface area contributed by atoms with Crippen molar-refractivity contribution in [3.8, 4) is 22.9 Å². The maximum atomic E-state index is 12.3. The van der Waals surface area contributed by atoms with Gasteiger partial charge in [0, 0.05) is 35.9 Å². The summed E-state index contributed by atoms with van der Waals surface area (Å²) in [6.45, 7) is 0. The van der Waals surface area contributed by atoms with Gasteiger partial charge in [0.25, 0.3) is 11.8 Å². The van der Waals surface area contributed by atoms with Crippen LogP contribution in [0.3, 0.4) is 0 Å². The molecule has 0 aliphatic carbocycles. The molecule has 0 saturated carbocycles. The van der Waals surface area contributed by atoms with Crippen molar-refractivity contribution >= 4 is 5.78 Å². The molecule has 0 amide bonds. The fourth-order valence-electron chi connectivity index (χ4n) is 1.94. The fourth-order valence-corrected chi connectivity index (χ4v) is 1.94. The van der Waals surface area contributed by atoms with Crippen LogP contribution in [0.25, 0.3) is 22.9 Å². The molecule has 0 fully saturated rings. The number of carbonyl (C=O) groups is 1. The summed E-state index contributed by atoms with van der Waals surface area (Å²) < 4.78 is 10.7. The average Bonchev–Trinajstić information content (AvgIpc) is 3.33. The first kappa shape index (κ1) is 13.9. The van der Waals surface area contributed by atoms with Crippen molar-refractivity contribution in [1.82, 2.24) is 30.4 Å². The second-order valence-corrected chi connectivity index (χ2v) is 4.63. The van der Waals surface area contributed by atoms with Gasteiger partial charge < -0.3 is 8.83 Å². The van der Waals surface area contributed by atoms with Gasteiger partial charge in [-0.3, -0.25) is 14.8 Å². The lowest BCUT2D eigenvalue weighted by molar-refractivity contribution is 0.0971. The van der Waals surface area contributed by atoms with Gasteiger partial charge in [0.2, 0.25) is 11.8 Å². The van der Waals surface area contributed by atoms with Crippen LogP contribution in [0.2, 0.25) is 0 Å². The fraction of sp³-hybridized carbons (Fsp3) is 0. The topological polar surface area (TPSA) is 121 Å². The summed E-state index contributed by atoms with van der Waals surface area (Å²) in [5, 5.41) is 15.1. The van der Waals surface area contributed by atoms with Gasteiger partial charge in [0.15, 0.2) is 0 Å². The van der Waals surface area contributed by atoms with E-state index in [1.807, 2.05) is 0 Å². The van der Waals surface area contributed by atoms with Crippen molar-refractivity contribution in [1.29, 1.82) is 0 Å². The Kier molecular flexibility index (Phi) is 3.35. The van der Waals surface area contributed by atoms with E-state index in [0.29, 0.717) is 11.1 Å². The molecule has 0 bridgehead atoms. The Morgan fingerprint density at radius 3 is 1.50 bits per heavy atom. The Bertz CT molecular complexity index is 901. The summed E-state index contributed by atoms with van der Waals surface area (Å²) >= 11 is 0. The maximum Gasteiger partial charge on any atom is 0.306 e. The van der Waals surface area contributed by atoms with Crippen molar-refractivity contribution in [3.05, 3.63) is 60.8 Å². The third-order valence-electron chi connectivity index (χ3n) is 3.09. The Balaban J connectivity index is 1.61. The quantitative estimate of drug-likeness (QED) is 0.518. The van der Waals surface area contributed by atoms with Crippen molar-refractivity contribution in [2.75, 3.05) is 0 Å². The molecule has 116 valence electrons. The van der Waals surface area contributed by atoms with Crippen LogP contribution in [0.5, 0.6) is 0 Å². The highest BCUT2D eigenvalue weighted by atomic mass is 16.4. The number of hydrogen-bond acceptors (Lipinski definition) is 9. The second-order valence-electron chi connectivity index (χ2n) is 4.63. The minimum absolute atomic E-state index is 0.203. The van der Waals surface area contributed by atoms with Crippen LogP contribution in [0.4, 0.5) is 0 Å². The molecule has 4 aromatic heterocycles. The number of aromatic nitrogens is 6. The number of carbonyl (C=O) groups excluding carboxylic acids is 1. The molecule has 9 heteroatoms. The van der Waals surface area contributed by atoms with E-state index < -0.39 is 5.78 Å². The molecular weight excluding hydrogens is 312 g/mol. The molecule has 0 unspecified atom stereocenters. The van der Waals surface area contributed by atoms with Gasteiger partial charge in [-0.2, -0.15) is 0 Å². The third-order valence-corrected chi connectivity index (χ3v) is 3.09. The highest BCUT2D eigenvalue weighted by molar-refractivity contribution is 6.02. The second kappa shape index (κ2) is 5.80. The van der Waals surface area contributed by atoms with Gasteiger partial charge in [-0.1, -0.05) is 0 Å². The van der Waals surface area contributed by atoms with Crippen LogP contribution in [-0.4, -0.2) is 36.1 Å². The summed E-state index contributed by atoms with van der Waals surface area (Å²) in [5.74, 6) is -0.696. The third kappa shape index (κ3) is 2.54. The molecule has 0 atom stereocenters. The standard InChI is InChI=1S/C15H8N6O3/c22-11(14-20-18-12(23-14)9-1-5-16-6-2-9)15-21-19-13(24-15)10-3-7-17-8-4-10/h1-8H. The van der Waals surface area contributed by atoms with Gasteiger partial charge in [-0.15, -0.1) is 20.4 Å². The Labute approximate surface area is 134 Å². The number of pyridine rings is 2. The SMILES string of the molecule is O=C(c1nnc(-c2ccncc2)o1)c1nnc(-c2ccncc2)o1. The summed E-state index contributed by atoms with van der Waals surface area (Å²) in [6, 6.07) is 6.76. The molecule has 0 radical (unpaired) electrons. The van der Waals surface area contributed by atoms with Crippen LogP contribution < -0.4 is 0 Å². The minimum atomic E-state index is -0.643. The van der Waals surface area contributed by atoms with E-state index >= 15 is 0 Å². The first-order valence-corrected chi connectivity index (χ1v) is 6.84. The van der Waals surface area contributed by atoms with Gasteiger partial charge >= 0.3 is 5.78 Å². The van der Waals surface area contributed by atoms with Gasteiger partial charge in [-0.05, 0) is 24.3 Å². The first-order valence-electron chi connectivity index (χ1n) is 6.84. The first-order chi connectivity index (χ1) is 11.8. The normalized spacial score (nSPS) is 10.7. The van der Waals surface area contributed by atoms with Gasteiger partial charge in [0.1, 0.15) is 0 Å². The Morgan fingerprint density at radius 1 is 0.667 bits per heavy atom. The van der Waals surface area contributed by atoms with Crippen LogP contribution in [-0.2, 0) is 0 Å². The van der Waals surface area contributed by atoms with E-state index in [4.69, 9.17) is 8.83 Å². The summed E-state index contributed by atoms with van der Waals surface area (Å²) in [7, 11) is 0. The van der Waals surface area contributed by atoms with Crippen molar-refractivity contribution in [2.24, 2.45) is 0 Å². The predicted octanol–water partition coefficient (Wildman–Crippen LogP) is 1.81.